The second-order valence-corrected chi connectivity index (χ2v) is 24.1. The van der Waals surface area contributed by atoms with E-state index in [0.29, 0.717) is 19.3 Å². The van der Waals surface area contributed by atoms with Crippen LogP contribution in [0.1, 0.15) is 400 Å². The fourth-order valence-corrected chi connectivity index (χ4v) is 10.8. The first-order valence-electron chi connectivity index (χ1n) is 35.3. The van der Waals surface area contributed by atoms with Crippen molar-refractivity contribution in [2.75, 3.05) is 13.2 Å². The standard InChI is InChI=1S/C72H136O6/c1-4-7-10-13-16-19-22-24-26-28-29-30-31-32-33-34-35-36-37-38-39-40-41-42-43-44-46-47-50-53-56-59-62-65-71(74)77-68-69(67-76-70(73)64-61-58-55-52-49-21-18-15-12-9-6-3)78-72(75)66-63-60-57-54-51-48-45-27-25-23-20-17-14-11-8-5-2/h15,18,27,45,69H,4-14,16-17,19-26,28-44,46-68H2,1-3H3/b18-15-,45-27-. The minimum absolute atomic E-state index is 0.0725. The average Bonchev–Trinajstić information content (AvgIpc) is 3.44. The van der Waals surface area contributed by atoms with Crippen molar-refractivity contribution in [3.63, 3.8) is 0 Å². The summed E-state index contributed by atoms with van der Waals surface area (Å²) in [5, 5.41) is 0. The van der Waals surface area contributed by atoms with E-state index in [2.05, 4.69) is 45.1 Å². The molecule has 0 saturated carbocycles. The average molecular weight is 1100 g/mol. The van der Waals surface area contributed by atoms with Gasteiger partial charge in [0, 0.05) is 19.3 Å². The first-order chi connectivity index (χ1) is 38.5. The maximum atomic E-state index is 12.9. The molecular formula is C72H136O6. The molecule has 460 valence electrons. The van der Waals surface area contributed by atoms with Gasteiger partial charge in [0.05, 0.1) is 0 Å². The molecule has 0 radical (unpaired) electrons. The van der Waals surface area contributed by atoms with Crippen LogP contribution >= 0.6 is 0 Å². The van der Waals surface area contributed by atoms with Crippen LogP contribution in [-0.4, -0.2) is 37.2 Å². The van der Waals surface area contributed by atoms with Crippen LogP contribution < -0.4 is 0 Å². The first kappa shape index (κ1) is 75.9. The van der Waals surface area contributed by atoms with Crippen LogP contribution in [0.3, 0.4) is 0 Å². The molecule has 0 aliphatic rings. The van der Waals surface area contributed by atoms with Gasteiger partial charge in [-0.05, 0) is 64.2 Å². The first-order valence-corrected chi connectivity index (χ1v) is 35.3. The van der Waals surface area contributed by atoms with E-state index in [4.69, 9.17) is 14.2 Å². The molecule has 0 amide bonds. The normalized spacial score (nSPS) is 12.1. The fraction of sp³-hybridized carbons (Fsp3) is 0.903. The molecule has 0 aromatic heterocycles. The van der Waals surface area contributed by atoms with Crippen LogP contribution in [0.25, 0.3) is 0 Å². The molecule has 0 heterocycles. The van der Waals surface area contributed by atoms with Crippen molar-refractivity contribution in [3.8, 4) is 0 Å². The molecule has 0 saturated heterocycles. The van der Waals surface area contributed by atoms with Gasteiger partial charge in [0.2, 0.25) is 0 Å². The van der Waals surface area contributed by atoms with Crippen LogP contribution in [0.5, 0.6) is 0 Å². The highest BCUT2D eigenvalue weighted by Crippen LogP contribution is 2.19. The molecule has 0 fully saturated rings. The second kappa shape index (κ2) is 67.4. The van der Waals surface area contributed by atoms with Crippen LogP contribution in [0.4, 0.5) is 0 Å². The van der Waals surface area contributed by atoms with E-state index >= 15 is 0 Å². The number of rotatable bonds is 66. The Bertz CT molecular complexity index is 1260. The highest BCUT2D eigenvalue weighted by molar-refractivity contribution is 5.71. The zero-order valence-electron chi connectivity index (χ0n) is 53.0. The lowest BCUT2D eigenvalue weighted by Crippen LogP contribution is -2.30. The predicted molar refractivity (Wildman–Crippen MR) is 340 cm³/mol. The van der Waals surface area contributed by atoms with E-state index in [1.165, 1.54) is 289 Å². The molecule has 1 unspecified atom stereocenters. The Morgan fingerprint density at radius 1 is 0.244 bits per heavy atom. The van der Waals surface area contributed by atoms with Gasteiger partial charge in [-0.25, -0.2) is 0 Å². The van der Waals surface area contributed by atoms with Gasteiger partial charge in [-0.15, -0.1) is 0 Å². The topological polar surface area (TPSA) is 78.9 Å². The molecule has 6 heteroatoms. The van der Waals surface area contributed by atoms with Crippen molar-refractivity contribution >= 4 is 17.9 Å². The molecule has 0 aromatic rings. The summed E-state index contributed by atoms with van der Waals surface area (Å²) in [6.07, 6.45) is 82.4. The third kappa shape index (κ3) is 64.7. The highest BCUT2D eigenvalue weighted by Gasteiger charge is 2.19. The largest absolute Gasteiger partial charge is 0.462 e. The quantitative estimate of drug-likeness (QED) is 0.0261. The Morgan fingerprint density at radius 2 is 0.436 bits per heavy atom. The SMILES string of the molecule is CCCC/C=C\CCCCCCCC(=O)OCC(COC(=O)CCCCCCCCCCCCCCCCCCCCCCCCCCCCCCCCCCC)OC(=O)CCCCCCC/C=C\CCCCCCCCC. The Labute approximate surface area is 487 Å². The monoisotopic (exact) mass is 1100 g/mol. The predicted octanol–water partition coefficient (Wildman–Crippen LogP) is 24.2. The van der Waals surface area contributed by atoms with E-state index in [-0.39, 0.29) is 31.1 Å². The third-order valence-corrected chi connectivity index (χ3v) is 16.2. The number of ether oxygens (including phenoxy) is 3. The maximum absolute atomic E-state index is 12.9. The lowest BCUT2D eigenvalue weighted by molar-refractivity contribution is -0.167. The molecule has 78 heavy (non-hydrogen) atoms. The lowest BCUT2D eigenvalue weighted by atomic mass is 10.0. The smallest absolute Gasteiger partial charge is 0.306 e. The molecular weight excluding hydrogens is 961 g/mol. The molecule has 0 aliphatic heterocycles. The molecule has 0 aromatic carbocycles. The van der Waals surface area contributed by atoms with Crippen LogP contribution in [0, 0.1) is 0 Å². The van der Waals surface area contributed by atoms with Crippen LogP contribution in [0.2, 0.25) is 0 Å². The minimum Gasteiger partial charge on any atom is -0.462 e. The number of carbonyl (C=O) groups excluding carboxylic acids is 3. The van der Waals surface area contributed by atoms with Gasteiger partial charge >= 0.3 is 17.9 Å². The van der Waals surface area contributed by atoms with Gasteiger partial charge in [-0.2, -0.15) is 0 Å². The van der Waals surface area contributed by atoms with Crippen LogP contribution in [0.15, 0.2) is 24.3 Å². The van der Waals surface area contributed by atoms with E-state index in [9.17, 15) is 14.4 Å². The Hall–Kier alpha value is -2.11. The van der Waals surface area contributed by atoms with Crippen molar-refractivity contribution in [2.24, 2.45) is 0 Å². The lowest BCUT2D eigenvalue weighted by Gasteiger charge is -2.18. The zero-order valence-corrected chi connectivity index (χ0v) is 53.0. The summed E-state index contributed by atoms with van der Waals surface area (Å²) in [5.41, 5.74) is 0. The zero-order chi connectivity index (χ0) is 56.4. The number of unbranched alkanes of at least 4 members (excludes halogenated alkanes) is 51. The Balaban J connectivity index is 4.04. The third-order valence-electron chi connectivity index (χ3n) is 16.2. The minimum atomic E-state index is -0.776. The van der Waals surface area contributed by atoms with Gasteiger partial charge in [0.1, 0.15) is 13.2 Å². The summed E-state index contributed by atoms with van der Waals surface area (Å²) in [4.78, 5) is 38.3. The van der Waals surface area contributed by atoms with Crippen molar-refractivity contribution < 1.29 is 28.6 Å². The summed E-state index contributed by atoms with van der Waals surface area (Å²) in [6, 6.07) is 0. The molecule has 1 atom stereocenters. The molecule has 0 aliphatic carbocycles. The Morgan fingerprint density at radius 3 is 0.679 bits per heavy atom. The van der Waals surface area contributed by atoms with Crippen molar-refractivity contribution in [1.82, 2.24) is 0 Å². The number of hydrogen-bond acceptors (Lipinski definition) is 6. The molecule has 0 N–H and O–H groups in total. The van der Waals surface area contributed by atoms with Crippen molar-refractivity contribution in [2.45, 2.75) is 406 Å². The molecule has 6 nitrogen and oxygen atoms in total. The van der Waals surface area contributed by atoms with Crippen molar-refractivity contribution in [1.29, 1.82) is 0 Å². The summed E-state index contributed by atoms with van der Waals surface area (Å²) in [7, 11) is 0. The number of carbonyl (C=O) groups is 3. The molecule has 0 spiro atoms. The summed E-state index contributed by atoms with van der Waals surface area (Å²) in [6.45, 7) is 6.65. The van der Waals surface area contributed by atoms with Gasteiger partial charge in [-0.3, -0.25) is 14.4 Å². The summed E-state index contributed by atoms with van der Waals surface area (Å²) < 4.78 is 16.9. The maximum Gasteiger partial charge on any atom is 0.306 e. The van der Waals surface area contributed by atoms with Gasteiger partial charge in [0.15, 0.2) is 6.10 Å². The van der Waals surface area contributed by atoms with Gasteiger partial charge in [-0.1, -0.05) is 340 Å². The highest BCUT2D eigenvalue weighted by atomic mass is 16.6. The summed E-state index contributed by atoms with van der Waals surface area (Å²) in [5.74, 6) is -0.866. The Kier molecular flexibility index (Phi) is 65.6. The second-order valence-electron chi connectivity index (χ2n) is 24.1. The van der Waals surface area contributed by atoms with E-state index in [0.717, 1.165) is 70.6 Å². The number of allylic oxidation sites excluding steroid dienone is 4. The number of esters is 3. The summed E-state index contributed by atoms with van der Waals surface area (Å²) >= 11 is 0. The fourth-order valence-electron chi connectivity index (χ4n) is 10.8. The van der Waals surface area contributed by atoms with Crippen LogP contribution in [-0.2, 0) is 28.6 Å². The van der Waals surface area contributed by atoms with Crippen molar-refractivity contribution in [3.05, 3.63) is 24.3 Å². The van der Waals surface area contributed by atoms with E-state index in [1.807, 2.05) is 0 Å². The van der Waals surface area contributed by atoms with E-state index < -0.39 is 6.10 Å². The van der Waals surface area contributed by atoms with Gasteiger partial charge in [0.25, 0.3) is 0 Å². The van der Waals surface area contributed by atoms with E-state index in [1.54, 1.807) is 0 Å². The molecule has 0 rings (SSSR count). The molecule has 0 bridgehead atoms. The number of hydrogen-bond donors (Lipinski definition) is 0. The van der Waals surface area contributed by atoms with Gasteiger partial charge < -0.3 is 14.2 Å².